The van der Waals surface area contributed by atoms with E-state index >= 15 is 0 Å². The van der Waals surface area contributed by atoms with Crippen LogP contribution in [0.15, 0.2) is 72.9 Å². The zero-order valence-electron chi connectivity index (χ0n) is 45.6. The topological polar surface area (TPSA) is 78.9 Å². The molecule has 0 saturated carbocycles. The average molecular weight is 964 g/mol. The molecule has 0 aliphatic heterocycles. The lowest BCUT2D eigenvalue weighted by molar-refractivity contribution is -0.167. The van der Waals surface area contributed by atoms with Crippen molar-refractivity contribution >= 4 is 17.9 Å². The summed E-state index contributed by atoms with van der Waals surface area (Å²) in [7, 11) is 0. The van der Waals surface area contributed by atoms with Gasteiger partial charge in [0, 0.05) is 19.3 Å². The second-order valence-corrected chi connectivity index (χ2v) is 19.5. The van der Waals surface area contributed by atoms with Gasteiger partial charge in [0.1, 0.15) is 13.2 Å². The monoisotopic (exact) mass is 963 g/mol. The van der Waals surface area contributed by atoms with E-state index < -0.39 is 6.10 Å². The van der Waals surface area contributed by atoms with Crippen LogP contribution >= 0.6 is 0 Å². The van der Waals surface area contributed by atoms with Crippen LogP contribution in [0.1, 0.15) is 290 Å². The van der Waals surface area contributed by atoms with E-state index in [2.05, 4.69) is 93.7 Å². The third kappa shape index (κ3) is 55.6. The molecule has 1 atom stereocenters. The highest BCUT2D eigenvalue weighted by Gasteiger charge is 2.19. The highest BCUT2D eigenvalue weighted by Crippen LogP contribution is 2.15. The maximum Gasteiger partial charge on any atom is 0.306 e. The van der Waals surface area contributed by atoms with Crippen molar-refractivity contribution in [3.63, 3.8) is 0 Å². The second-order valence-electron chi connectivity index (χ2n) is 19.5. The first-order valence-corrected chi connectivity index (χ1v) is 29.4. The summed E-state index contributed by atoms with van der Waals surface area (Å²) in [5, 5.41) is 0. The Morgan fingerprint density at radius 2 is 0.551 bits per heavy atom. The van der Waals surface area contributed by atoms with Crippen molar-refractivity contribution in [2.24, 2.45) is 0 Å². The molecule has 0 radical (unpaired) electrons. The van der Waals surface area contributed by atoms with Crippen LogP contribution in [-0.4, -0.2) is 37.2 Å². The Kier molecular flexibility index (Phi) is 54.8. The molecule has 0 saturated heterocycles. The normalized spacial score (nSPS) is 12.6. The molecular formula is C63H110O6. The SMILES string of the molecule is CCC/C=C\C/C=C\CCCCCCCC(=O)OCC(COC(=O)CCCCCCCCCCCCC/C=C\C/C=C\CCCCCCC)OC(=O)CCCCCCC/C=C\C/C=C\CCCCC. The first-order valence-electron chi connectivity index (χ1n) is 29.4. The zero-order valence-corrected chi connectivity index (χ0v) is 45.6. The molecule has 0 aromatic heterocycles. The van der Waals surface area contributed by atoms with E-state index in [1.165, 1.54) is 128 Å². The number of rotatable bonds is 53. The lowest BCUT2D eigenvalue weighted by Crippen LogP contribution is -2.30. The van der Waals surface area contributed by atoms with E-state index in [9.17, 15) is 14.4 Å². The van der Waals surface area contributed by atoms with Gasteiger partial charge in [-0.1, -0.05) is 235 Å². The van der Waals surface area contributed by atoms with Crippen molar-refractivity contribution in [3.8, 4) is 0 Å². The van der Waals surface area contributed by atoms with E-state index in [4.69, 9.17) is 14.2 Å². The van der Waals surface area contributed by atoms with Gasteiger partial charge in [0.15, 0.2) is 6.10 Å². The fraction of sp³-hybridized carbons (Fsp3) is 0.762. The lowest BCUT2D eigenvalue weighted by Gasteiger charge is -2.18. The van der Waals surface area contributed by atoms with E-state index in [1.807, 2.05) is 0 Å². The Morgan fingerprint density at radius 1 is 0.290 bits per heavy atom. The Hall–Kier alpha value is -3.15. The van der Waals surface area contributed by atoms with Gasteiger partial charge >= 0.3 is 17.9 Å². The van der Waals surface area contributed by atoms with Gasteiger partial charge in [-0.15, -0.1) is 0 Å². The third-order valence-electron chi connectivity index (χ3n) is 12.6. The Bertz CT molecular complexity index is 1290. The molecule has 0 heterocycles. The molecular weight excluding hydrogens is 853 g/mol. The first kappa shape index (κ1) is 65.8. The third-order valence-corrected chi connectivity index (χ3v) is 12.6. The average Bonchev–Trinajstić information content (AvgIpc) is 3.35. The first-order chi connectivity index (χ1) is 34.0. The number of carbonyl (C=O) groups excluding carboxylic acids is 3. The van der Waals surface area contributed by atoms with Crippen molar-refractivity contribution in [3.05, 3.63) is 72.9 Å². The van der Waals surface area contributed by atoms with Gasteiger partial charge in [0.25, 0.3) is 0 Å². The minimum absolute atomic E-state index is 0.0862. The summed E-state index contributed by atoms with van der Waals surface area (Å²) in [4.78, 5) is 38.1. The minimum Gasteiger partial charge on any atom is -0.462 e. The number of ether oxygens (including phenoxy) is 3. The van der Waals surface area contributed by atoms with Gasteiger partial charge in [-0.25, -0.2) is 0 Å². The van der Waals surface area contributed by atoms with Gasteiger partial charge < -0.3 is 14.2 Å². The van der Waals surface area contributed by atoms with Crippen LogP contribution in [0.3, 0.4) is 0 Å². The number of allylic oxidation sites excluding steroid dienone is 12. The summed E-state index contributed by atoms with van der Waals surface area (Å²) >= 11 is 0. The van der Waals surface area contributed by atoms with Crippen LogP contribution in [0.2, 0.25) is 0 Å². The molecule has 6 nitrogen and oxygen atoms in total. The molecule has 69 heavy (non-hydrogen) atoms. The number of hydrogen-bond donors (Lipinski definition) is 0. The molecule has 0 fully saturated rings. The maximum atomic E-state index is 12.8. The summed E-state index contributed by atoms with van der Waals surface area (Å²) in [5.41, 5.74) is 0. The standard InChI is InChI=1S/C63H110O6/c1-4-7-10-13-16-19-22-25-27-28-29-30-31-32-33-34-36-38-41-44-47-50-53-56-62(65)68-59-60(58-67-61(64)55-52-49-46-43-40-37-24-21-18-15-12-9-6-3)69-63(66)57-54-51-48-45-42-39-35-26-23-20-17-14-11-8-5-2/h12,15,17,20-22,24-26,28-29,35,60H,4-11,13-14,16,18-19,23,27,30-34,36-59H2,1-3H3/b15-12-,20-17-,24-21-,25-22-,29-28-,35-26-. The van der Waals surface area contributed by atoms with Gasteiger partial charge in [0.2, 0.25) is 0 Å². The molecule has 0 spiro atoms. The predicted molar refractivity (Wildman–Crippen MR) is 298 cm³/mol. The predicted octanol–water partition coefficient (Wildman–Crippen LogP) is 19.8. The molecule has 1 unspecified atom stereocenters. The van der Waals surface area contributed by atoms with Crippen LogP contribution < -0.4 is 0 Å². The summed E-state index contributed by atoms with van der Waals surface area (Å²) < 4.78 is 16.8. The molecule has 0 aromatic rings. The minimum atomic E-state index is -0.789. The smallest absolute Gasteiger partial charge is 0.306 e. The highest BCUT2D eigenvalue weighted by atomic mass is 16.6. The molecule has 0 bridgehead atoms. The fourth-order valence-corrected chi connectivity index (χ4v) is 8.19. The molecule has 6 heteroatoms. The number of unbranched alkanes of at least 4 members (excludes halogenated alkanes) is 30. The van der Waals surface area contributed by atoms with Crippen molar-refractivity contribution in [2.45, 2.75) is 297 Å². The Balaban J connectivity index is 4.33. The molecule has 0 aromatic carbocycles. The van der Waals surface area contributed by atoms with Crippen molar-refractivity contribution in [2.75, 3.05) is 13.2 Å². The zero-order chi connectivity index (χ0) is 50.0. The summed E-state index contributed by atoms with van der Waals surface area (Å²) in [5.74, 6) is -0.909. The second kappa shape index (κ2) is 57.4. The van der Waals surface area contributed by atoms with Gasteiger partial charge in [0.05, 0.1) is 0 Å². The number of carbonyl (C=O) groups is 3. The summed E-state index contributed by atoms with van der Waals surface area (Å²) in [6.07, 6.45) is 73.2. The van der Waals surface area contributed by atoms with E-state index in [0.29, 0.717) is 19.3 Å². The number of hydrogen-bond acceptors (Lipinski definition) is 6. The Labute approximate surface area is 427 Å². The van der Waals surface area contributed by atoms with E-state index in [-0.39, 0.29) is 31.1 Å². The van der Waals surface area contributed by atoms with Crippen molar-refractivity contribution in [1.29, 1.82) is 0 Å². The highest BCUT2D eigenvalue weighted by molar-refractivity contribution is 5.71. The fourth-order valence-electron chi connectivity index (χ4n) is 8.19. The molecule has 0 aliphatic rings. The quantitative estimate of drug-likeness (QED) is 0.0262. The van der Waals surface area contributed by atoms with Gasteiger partial charge in [-0.2, -0.15) is 0 Å². The molecule has 0 aliphatic carbocycles. The Morgan fingerprint density at radius 3 is 0.884 bits per heavy atom. The summed E-state index contributed by atoms with van der Waals surface area (Å²) in [6.45, 7) is 6.53. The molecule has 0 N–H and O–H groups in total. The molecule has 0 amide bonds. The van der Waals surface area contributed by atoms with Gasteiger partial charge in [-0.3, -0.25) is 14.4 Å². The molecule has 398 valence electrons. The van der Waals surface area contributed by atoms with Crippen LogP contribution in [0.5, 0.6) is 0 Å². The summed E-state index contributed by atoms with van der Waals surface area (Å²) in [6, 6.07) is 0. The van der Waals surface area contributed by atoms with E-state index in [0.717, 1.165) is 122 Å². The van der Waals surface area contributed by atoms with Crippen LogP contribution in [-0.2, 0) is 28.6 Å². The van der Waals surface area contributed by atoms with Crippen molar-refractivity contribution < 1.29 is 28.6 Å². The lowest BCUT2D eigenvalue weighted by atomic mass is 10.0. The van der Waals surface area contributed by atoms with Gasteiger partial charge in [-0.05, 0) is 109 Å². The van der Waals surface area contributed by atoms with Crippen LogP contribution in [0, 0.1) is 0 Å². The number of esters is 3. The molecule has 0 rings (SSSR count). The largest absolute Gasteiger partial charge is 0.462 e. The van der Waals surface area contributed by atoms with Crippen LogP contribution in [0.4, 0.5) is 0 Å². The van der Waals surface area contributed by atoms with Crippen molar-refractivity contribution in [1.82, 2.24) is 0 Å². The van der Waals surface area contributed by atoms with E-state index in [1.54, 1.807) is 0 Å². The van der Waals surface area contributed by atoms with Crippen LogP contribution in [0.25, 0.3) is 0 Å². The maximum absolute atomic E-state index is 12.8.